The molecule has 1 aliphatic rings. The maximum absolute atomic E-state index is 12.2. The molecule has 1 heterocycles. The average Bonchev–Trinajstić information content (AvgIpc) is 2.65. The van der Waals surface area contributed by atoms with Gasteiger partial charge in [0.05, 0.1) is 6.10 Å². The number of rotatable bonds is 6. The average molecular weight is 369 g/mol. The molecule has 7 heteroatoms. The van der Waals surface area contributed by atoms with E-state index in [0.717, 1.165) is 19.5 Å². The number of primary amides is 1. The van der Waals surface area contributed by atoms with Crippen molar-refractivity contribution >= 4 is 12.0 Å². The van der Waals surface area contributed by atoms with Crippen LogP contribution in [0.2, 0.25) is 0 Å². The third kappa shape index (κ3) is 5.29. The van der Waals surface area contributed by atoms with E-state index in [-0.39, 0.29) is 18.2 Å². The summed E-state index contributed by atoms with van der Waals surface area (Å²) in [5.74, 6) is -0.157. The third-order valence-electron chi connectivity index (χ3n) is 4.49. The van der Waals surface area contributed by atoms with E-state index in [1.165, 1.54) is 23.3 Å². The van der Waals surface area contributed by atoms with Gasteiger partial charge in [-0.05, 0) is 35.7 Å². The Morgan fingerprint density at radius 1 is 1.19 bits per heavy atom. The molecular weight excluding hydrogens is 346 g/mol. The normalized spacial score (nSPS) is 14.9. The van der Waals surface area contributed by atoms with E-state index >= 15 is 0 Å². The first kappa shape index (κ1) is 18.9. The lowest BCUT2D eigenvalue weighted by atomic mass is 10.00. The smallest absolute Gasteiger partial charge is 0.409 e. The van der Waals surface area contributed by atoms with Gasteiger partial charge in [-0.25, -0.2) is 4.79 Å². The zero-order valence-electron chi connectivity index (χ0n) is 14.9. The predicted octanol–water partition coefficient (Wildman–Crippen LogP) is 1.29. The Labute approximate surface area is 157 Å². The summed E-state index contributed by atoms with van der Waals surface area (Å²) in [5, 5.41) is 13.0. The highest BCUT2D eigenvalue weighted by molar-refractivity contribution is 5.94. The molecule has 4 N–H and O–H groups in total. The van der Waals surface area contributed by atoms with Gasteiger partial charge in [-0.1, -0.05) is 30.3 Å². The molecule has 2 aromatic carbocycles. The van der Waals surface area contributed by atoms with E-state index < -0.39 is 12.2 Å². The van der Waals surface area contributed by atoms with Crippen molar-refractivity contribution < 1.29 is 19.4 Å². The summed E-state index contributed by atoms with van der Waals surface area (Å²) in [6, 6.07) is 14.5. The van der Waals surface area contributed by atoms with Crippen molar-refractivity contribution in [2.75, 3.05) is 19.6 Å². The second-order valence-corrected chi connectivity index (χ2v) is 6.57. The van der Waals surface area contributed by atoms with E-state index in [2.05, 4.69) is 22.3 Å². The van der Waals surface area contributed by atoms with Crippen molar-refractivity contribution in [3.63, 3.8) is 0 Å². The van der Waals surface area contributed by atoms with Gasteiger partial charge in [0.2, 0.25) is 0 Å². The van der Waals surface area contributed by atoms with Crippen LogP contribution in [0.15, 0.2) is 48.5 Å². The molecule has 142 valence electrons. The highest BCUT2D eigenvalue weighted by atomic mass is 16.5. The molecule has 2 aromatic rings. The van der Waals surface area contributed by atoms with Gasteiger partial charge >= 0.3 is 6.09 Å². The van der Waals surface area contributed by atoms with Gasteiger partial charge in [0, 0.05) is 31.7 Å². The van der Waals surface area contributed by atoms with Crippen LogP contribution < -0.4 is 15.8 Å². The van der Waals surface area contributed by atoms with E-state index in [1.807, 2.05) is 12.1 Å². The molecule has 0 spiro atoms. The quantitative estimate of drug-likeness (QED) is 0.712. The minimum Gasteiger partial charge on any atom is -0.410 e. The van der Waals surface area contributed by atoms with Crippen LogP contribution >= 0.6 is 0 Å². The van der Waals surface area contributed by atoms with Gasteiger partial charge in [0.15, 0.2) is 0 Å². The number of nitrogens with one attached hydrogen (secondary N) is 1. The van der Waals surface area contributed by atoms with Crippen LogP contribution in [0.4, 0.5) is 4.79 Å². The molecule has 1 atom stereocenters. The molecule has 0 bridgehead atoms. The van der Waals surface area contributed by atoms with Gasteiger partial charge in [0.25, 0.3) is 5.91 Å². The van der Waals surface area contributed by atoms with E-state index in [4.69, 9.17) is 10.5 Å². The molecule has 0 aliphatic carbocycles. The monoisotopic (exact) mass is 369 g/mol. The molecule has 7 nitrogen and oxygen atoms in total. The van der Waals surface area contributed by atoms with Crippen molar-refractivity contribution in [2.45, 2.75) is 19.1 Å². The lowest BCUT2D eigenvalue weighted by Gasteiger charge is -2.30. The maximum atomic E-state index is 12.2. The third-order valence-corrected chi connectivity index (χ3v) is 4.49. The molecule has 0 fully saturated rings. The zero-order valence-corrected chi connectivity index (χ0v) is 14.9. The number of nitrogens with zero attached hydrogens (tertiary/aromatic N) is 1. The summed E-state index contributed by atoms with van der Waals surface area (Å²) in [4.78, 5) is 25.2. The van der Waals surface area contributed by atoms with Crippen molar-refractivity contribution in [1.29, 1.82) is 0 Å². The van der Waals surface area contributed by atoms with Crippen molar-refractivity contribution in [1.82, 2.24) is 10.2 Å². The zero-order chi connectivity index (χ0) is 19.2. The summed E-state index contributed by atoms with van der Waals surface area (Å²) in [5.41, 5.74) is 7.93. The molecule has 0 saturated heterocycles. The van der Waals surface area contributed by atoms with E-state index in [1.54, 1.807) is 12.1 Å². The van der Waals surface area contributed by atoms with Crippen LogP contribution in [-0.4, -0.2) is 47.7 Å². The maximum Gasteiger partial charge on any atom is 0.409 e. The van der Waals surface area contributed by atoms with Crippen LogP contribution in [0.5, 0.6) is 5.75 Å². The molecule has 1 aliphatic heterocycles. The Bertz CT molecular complexity index is 824. The summed E-state index contributed by atoms with van der Waals surface area (Å²) < 4.78 is 4.76. The summed E-state index contributed by atoms with van der Waals surface area (Å²) in [6.07, 6.45) is -0.655. The molecule has 3 rings (SSSR count). The summed E-state index contributed by atoms with van der Waals surface area (Å²) in [6.45, 7) is 2.31. The number of carbonyl (C=O) groups is 2. The first-order valence-corrected chi connectivity index (χ1v) is 8.84. The van der Waals surface area contributed by atoms with Gasteiger partial charge in [-0.3, -0.25) is 9.69 Å². The highest BCUT2D eigenvalue weighted by Crippen LogP contribution is 2.18. The van der Waals surface area contributed by atoms with Crippen LogP contribution in [0.25, 0.3) is 0 Å². The fourth-order valence-corrected chi connectivity index (χ4v) is 3.20. The van der Waals surface area contributed by atoms with Crippen molar-refractivity contribution in [3.8, 4) is 5.75 Å². The fraction of sp³-hybridized carbons (Fsp3) is 0.300. The molecule has 0 saturated carbocycles. The second kappa shape index (κ2) is 8.66. The second-order valence-electron chi connectivity index (χ2n) is 6.57. The van der Waals surface area contributed by atoms with E-state index in [9.17, 15) is 14.7 Å². The Hall–Kier alpha value is -2.90. The Morgan fingerprint density at radius 2 is 1.96 bits per heavy atom. The molecule has 0 radical (unpaired) electrons. The minimum absolute atomic E-state index is 0.137. The van der Waals surface area contributed by atoms with Gasteiger partial charge in [0.1, 0.15) is 5.75 Å². The summed E-state index contributed by atoms with van der Waals surface area (Å²) in [7, 11) is 0. The Morgan fingerprint density at radius 3 is 2.74 bits per heavy atom. The number of hydrogen-bond acceptors (Lipinski definition) is 5. The largest absolute Gasteiger partial charge is 0.410 e. The number of aliphatic hydroxyl groups is 1. The van der Waals surface area contributed by atoms with Crippen LogP contribution in [0.1, 0.15) is 21.5 Å². The lowest BCUT2D eigenvalue weighted by molar-refractivity contribution is 0.0841. The lowest BCUT2D eigenvalue weighted by Crippen LogP contribution is -2.42. The number of β-amino-alcohol motifs (C(OH)–C–C–N with tert-alkyl or cyclic N) is 1. The number of aliphatic hydroxyl groups excluding tert-OH is 1. The first-order chi connectivity index (χ1) is 13.0. The van der Waals surface area contributed by atoms with Crippen LogP contribution in [0, 0.1) is 0 Å². The van der Waals surface area contributed by atoms with Crippen LogP contribution in [0.3, 0.4) is 0 Å². The summed E-state index contributed by atoms with van der Waals surface area (Å²) >= 11 is 0. The standard InChI is InChI=1S/C20H23N3O4/c21-20(26)27-18-7-3-6-15(10-18)19(25)22-11-17(24)13-23-9-8-14-4-1-2-5-16(14)12-23/h1-7,10,17,24H,8-9,11-13H2,(H2,21,26)(H,22,25). The molecular formula is C20H23N3O4. The molecule has 2 amide bonds. The number of nitrogens with two attached hydrogens (primary N) is 1. The topological polar surface area (TPSA) is 105 Å². The number of ether oxygens (including phenoxy) is 1. The number of amides is 2. The Balaban J connectivity index is 1.48. The predicted molar refractivity (Wildman–Crippen MR) is 100 cm³/mol. The molecule has 27 heavy (non-hydrogen) atoms. The number of carbonyl (C=O) groups excluding carboxylic acids is 2. The molecule has 1 unspecified atom stereocenters. The SMILES string of the molecule is NC(=O)Oc1cccc(C(=O)NCC(O)CN2CCc3ccccc3C2)c1. The number of fused-ring (bicyclic) bond motifs is 1. The molecule has 0 aromatic heterocycles. The van der Waals surface area contributed by atoms with Gasteiger partial charge < -0.3 is 20.9 Å². The van der Waals surface area contributed by atoms with Crippen molar-refractivity contribution in [3.05, 3.63) is 65.2 Å². The number of hydrogen-bond donors (Lipinski definition) is 3. The van der Waals surface area contributed by atoms with E-state index in [0.29, 0.717) is 12.1 Å². The highest BCUT2D eigenvalue weighted by Gasteiger charge is 2.19. The fourth-order valence-electron chi connectivity index (χ4n) is 3.20. The van der Waals surface area contributed by atoms with Crippen LogP contribution in [-0.2, 0) is 13.0 Å². The Kier molecular flexibility index (Phi) is 6.05. The minimum atomic E-state index is -0.939. The first-order valence-electron chi connectivity index (χ1n) is 8.84. The van der Waals surface area contributed by atoms with Gasteiger partial charge in [-0.15, -0.1) is 0 Å². The number of benzene rings is 2. The van der Waals surface area contributed by atoms with Crippen molar-refractivity contribution in [2.24, 2.45) is 5.73 Å². The van der Waals surface area contributed by atoms with Gasteiger partial charge in [-0.2, -0.15) is 0 Å².